The van der Waals surface area contributed by atoms with Crippen LogP contribution in [0.3, 0.4) is 0 Å². The molecule has 3 aromatic rings. The molecule has 0 unspecified atom stereocenters. The van der Waals surface area contributed by atoms with Crippen LogP contribution in [0.4, 0.5) is 5.13 Å². The lowest BCUT2D eigenvalue weighted by molar-refractivity contribution is -0.114. The van der Waals surface area contributed by atoms with Crippen LogP contribution in [-0.2, 0) is 4.79 Å². The average molecular weight is 470 g/mol. The van der Waals surface area contributed by atoms with Gasteiger partial charge in [-0.2, -0.15) is 0 Å². The van der Waals surface area contributed by atoms with E-state index in [4.69, 9.17) is 19.2 Å². The molecule has 0 aliphatic rings. The Morgan fingerprint density at radius 2 is 1.67 bits per heavy atom. The number of rotatable bonds is 11. The summed E-state index contributed by atoms with van der Waals surface area (Å²) >= 11 is 1.52. The smallest absolute Gasteiger partial charge is 0.252 e. The molecule has 8 heteroatoms. The van der Waals surface area contributed by atoms with E-state index >= 15 is 0 Å². The molecule has 0 aliphatic heterocycles. The Labute approximate surface area is 199 Å². The van der Waals surface area contributed by atoms with Crippen LogP contribution in [-0.4, -0.2) is 63.3 Å². The van der Waals surface area contributed by atoms with Crippen molar-refractivity contribution in [1.82, 2.24) is 9.88 Å². The molecule has 1 amide bonds. The minimum atomic E-state index is -0.130. The summed E-state index contributed by atoms with van der Waals surface area (Å²) in [6.07, 6.45) is 3.32. The van der Waals surface area contributed by atoms with Gasteiger partial charge in [-0.25, -0.2) is 4.98 Å². The molecule has 0 aliphatic carbocycles. The number of benzene rings is 2. The van der Waals surface area contributed by atoms with Gasteiger partial charge >= 0.3 is 0 Å². The van der Waals surface area contributed by atoms with Gasteiger partial charge in [-0.05, 0) is 49.0 Å². The van der Waals surface area contributed by atoms with Gasteiger partial charge in [0.2, 0.25) is 5.75 Å². The second-order valence-corrected chi connectivity index (χ2v) is 8.28. The molecule has 0 N–H and O–H groups in total. The Bertz CT molecular complexity index is 1050. The first-order valence-corrected chi connectivity index (χ1v) is 11.7. The highest BCUT2D eigenvalue weighted by Gasteiger charge is 2.19. The summed E-state index contributed by atoms with van der Waals surface area (Å²) in [6.45, 7) is 7.43. The number of amides is 1. The van der Waals surface area contributed by atoms with E-state index in [1.54, 1.807) is 38.4 Å². The predicted molar refractivity (Wildman–Crippen MR) is 135 cm³/mol. The molecule has 7 nitrogen and oxygen atoms in total. The lowest BCUT2D eigenvalue weighted by atomic mass is 10.1. The van der Waals surface area contributed by atoms with E-state index in [-0.39, 0.29) is 5.91 Å². The van der Waals surface area contributed by atoms with Crippen LogP contribution in [0.2, 0.25) is 0 Å². The Hall–Kier alpha value is -3.10. The molecular weight excluding hydrogens is 438 g/mol. The Kier molecular flexibility index (Phi) is 8.68. The second kappa shape index (κ2) is 11.7. The van der Waals surface area contributed by atoms with Gasteiger partial charge < -0.3 is 19.1 Å². The van der Waals surface area contributed by atoms with Crippen molar-refractivity contribution >= 4 is 38.7 Å². The number of carbonyl (C=O) groups excluding carboxylic acids is 1. The molecule has 0 radical (unpaired) electrons. The zero-order valence-corrected chi connectivity index (χ0v) is 20.6. The van der Waals surface area contributed by atoms with Crippen molar-refractivity contribution in [2.75, 3.05) is 52.4 Å². The number of aromatic nitrogens is 1. The zero-order chi connectivity index (χ0) is 23.8. The van der Waals surface area contributed by atoms with Gasteiger partial charge in [-0.3, -0.25) is 9.69 Å². The standard InChI is InChI=1S/C25H31N3O4S/c1-6-27(7-2)14-15-28(25-26-19-10-8-9-11-22(19)33-25)23(29)13-12-18-16-20(30-3)24(32-5)21(17-18)31-4/h8-13,16-17H,6-7,14-15H2,1-5H3/b13-12+. The fourth-order valence-corrected chi connectivity index (χ4v) is 4.51. The number of hydrogen-bond donors (Lipinski definition) is 0. The summed E-state index contributed by atoms with van der Waals surface area (Å²) in [5, 5.41) is 0.697. The number of carbonyl (C=O) groups is 1. The van der Waals surface area contributed by atoms with E-state index in [9.17, 15) is 4.79 Å². The van der Waals surface area contributed by atoms with Gasteiger partial charge in [0.25, 0.3) is 5.91 Å². The topological polar surface area (TPSA) is 64.1 Å². The van der Waals surface area contributed by atoms with Crippen LogP contribution in [0.25, 0.3) is 16.3 Å². The zero-order valence-electron chi connectivity index (χ0n) is 19.8. The van der Waals surface area contributed by atoms with Crippen molar-refractivity contribution in [2.45, 2.75) is 13.8 Å². The van der Waals surface area contributed by atoms with Crippen LogP contribution < -0.4 is 19.1 Å². The molecule has 3 rings (SSSR count). The minimum Gasteiger partial charge on any atom is -0.493 e. The number of anilines is 1. The molecule has 0 saturated carbocycles. The van der Waals surface area contributed by atoms with Gasteiger partial charge in [0, 0.05) is 19.2 Å². The fourth-order valence-electron chi connectivity index (χ4n) is 3.51. The van der Waals surface area contributed by atoms with Crippen molar-refractivity contribution in [3.8, 4) is 17.2 Å². The summed E-state index contributed by atoms with van der Waals surface area (Å²) in [6, 6.07) is 11.5. The van der Waals surface area contributed by atoms with Crippen LogP contribution in [0.5, 0.6) is 17.2 Å². The Balaban J connectivity index is 1.90. The number of para-hydroxylation sites is 1. The highest BCUT2D eigenvalue weighted by Crippen LogP contribution is 2.38. The molecular formula is C25H31N3O4S. The Morgan fingerprint density at radius 3 is 2.24 bits per heavy atom. The molecule has 0 saturated heterocycles. The van der Waals surface area contributed by atoms with Crippen molar-refractivity contribution < 1.29 is 19.0 Å². The Morgan fingerprint density at radius 1 is 1.00 bits per heavy atom. The summed E-state index contributed by atoms with van der Waals surface area (Å²) in [7, 11) is 4.70. The van der Waals surface area contributed by atoms with E-state index in [0.717, 1.165) is 35.4 Å². The quantitative estimate of drug-likeness (QED) is 0.379. The molecule has 0 atom stereocenters. The number of fused-ring (bicyclic) bond motifs is 1. The van der Waals surface area contributed by atoms with Crippen molar-refractivity contribution in [3.63, 3.8) is 0 Å². The summed E-state index contributed by atoms with van der Waals surface area (Å²) in [5.74, 6) is 1.45. The second-order valence-electron chi connectivity index (χ2n) is 7.27. The molecule has 1 aromatic heterocycles. The van der Waals surface area contributed by atoms with Gasteiger partial charge in [0.05, 0.1) is 31.5 Å². The molecule has 0 fully saturated rings. The first-order chi connectivity index (χ1) is 16.0. The molecule has 33 heavy (non-hydrogen) atoms. The van der Waals surface area contributed by atoms with Crippen molar-refractivity contribution in [2.24, 2.45) is 0 Å². The highest BCUT2D eigenvalue weighted by molar-refractivity contribution is 7.22. The maximum atomic E-state index is 13.3. The lowest BCUT2D eigenvalue weighted by Gasteiger charge is -2.23. The van der Waals surface area contributed by atoms with Gasteiger partial charge in [0.15, 0.2) is 16.6 Å². The maximum Gasteiger partial charge on any atom is 0.252 e. The van der Waals surface area contributed by atoms with Crippen molar-refractivity contribution in [3.05, 3.63) is 48.0 Å². The van der Waals surface area contributed by atoms with E-state index in [1.807, 2.05) is 36.4 Å². The average Bonchev–Trinajstić information content (AvgIpc) is 3.28. The summed E-state index contributed by atoms with van der Waals surface area (Å²) < 4.78 is 17.3. The number of hydrogen-bond acceptors (Lipinski definition) is 7. The SMILES string of the molecule is CCN(CC)CCN(C(=O)/C=C/c1cc(OC)c(OC)c(OC)c1)c1nc2ccccc2s1. The highest BCUT2D eigenvalue weighted by atomic mass is 32.1. The van der Waals surface area contributed by atoms with E-state index in [1.165, 1.54) is 11.3 Å². The molecule has 0 bridgehead atoms. The monoisotopic (exact) mass is 469 g/mol. The van der Waals surface area contributed by atoms with E-state index < -0.39 is 0 Å². The van der Waals surface area contributed by atoms with Crippen LogP contribution in [0, 0.1) is 0 Å². The number of likely N-dealkylation sites (N-methyl/N-ethyl adjacent to an activating group) is 1. The van der Waals surface area contributed by atoms with Crippen molar-refractivity contribution in [1.29, 1.82) is 0 Å². The lowest BCUT2D eigenvalue weighted by Crippen LogP contribution is -2.38. The normalized spacial score (nSPS) is 11.3. The van der Waals surface area contributed by atoms with Gasteiger partial charge in [0.1, 0.15) is 0 Å². The van der Waals surface area contributed by atoms with Gasteiger partial charge in [-0.15, -0.1) is 0 Å². The maximum absolute atomic E-state index is 13.3. The third-order valence-corrected chi connectivity index (χ3v) is 6.48. The summed E-state index contributed by atoms with van der Waals surface area (Å²) in [4.78, 5) is 22.1. The first kappa shape index (κ1) is 24.5. The third kappa shape index (κ3) is 5.83. The van der Waals surface area contributed by atoms with Crippen LogP contribution in [0.1, 0.15) is 19.4 Å². The number of ether oxygens (including phenoxy) is 3. The fraction of sp³-hybridized carbons (Fsp3) is 0.360. The molecule has 2 aromatic carbocycles. The predicted octanol–water partition coefficient (Wildman–Crippen LogP) is 4.71. The van der Waals surface area contributed by atoms with E-state index in [0.29, 0.717) is 28.9 Å². The van der Waals surface area contributed by atoms with Crippen LogP contribution in [0.15, 0.2) is 42.5 Å². The number of nitrogens with zero attached hydrogens (tertiary/aromatic N) is 3. The molecule has 176 valence electrons. The van der Waals surface area contributed by atoms with E-state index in [2.05, 4.69) is 18.7 Å². The largest absolute Gasteiger partial charge is 0.493 e. The minimum absolute atomic E-state index is 0.130. The third-order valence-electron chi connectivity index (χ3n) is 5.42. The molecule has 0 spiro atoms. The van der Waals surface area contributed by atoms with Crippen LogP contribution >= 0.6 is 11.3 Å². The molecule has 1 heterocycles. The number of thiazole rings is 1. The number of methoxy groups -OCH3 is 3. The first-order valence-electron chi connectivity index (χ1n) is 10.9. The van der Waals surface area contributed by atoms with Gasteiger partial charge in [-0.1, -0.05) is 37.3 Å². The summed E-state index contributed by atoms with van der Waals surface area (Å²) in [5.41, 5.74) is 1.66.